The lowest BCUT2D eigenvalue weighted by Crippen LogP contribution is -2.32. The van der Waals surface area contributed by atoms with Gasteiger partial charge in [0.25, 0.3) is 0 Å². The number of anilines is 1. The molecule has 5 rings (SSSR count). The summed E-state index contributed by atoms with van der Waals surface area (Å²) in [5.41, 5.74) is -1.66. The molecule has 1 N–H and O–H groups in total. The molecule has 0 aliphatic carbocycles. The smallest absolute Gasteiger partial charge is 0.418 e. The third-order valence-electron chi connectivity index (χ3n) is 7.29. The Kier molecular flexibility index (Phi) is 6.99. The molecule has 1 aliphatic heterocycles. The number of aromatic nitrogens is 3. The minimum absolute atomic E-state index is 0.0218. The number of benzene rings is 1. The van der Waals surface area contributed by atoms with Crippen LogP contribution in [0.2, 0.25) is 0 Å². The topological polar surface area (TPSA) is 74.3 Å². The fraction of sp³-hybridized carbons (Fsp3) is 0.321. The third kappa shape index (κ3) is 4.87. The summed E-state index contributed by atoms with van der Waals surface area (Å²) in [5.74, 6) is -2.20. The van der Waals surface area contributed by atoms with Crippen LogP contribution in [0, 0.1) is 25.5 Å². The molecule has 210 valence electrons. The Balaban J connectivity index is 1.67. The molecule has 1 aliphatic rings. The second-order valence-corrected chi connectivity index (χ2v) is 10.0. The van der Waals surface area contributed by atoms with Gasteiger partial charge in [-0.2, -0.15) is 13.2 Å². The fourth-order valence-corrected chi connectivity index (χ4v) is 5.02. The first kappa shape index (κ1) is 27.5. The number of fused-ring (bicyclic) bond motifs is 1. The molecule has 40 heavy (non-hydrogen) atoms. The molecule has 3 aromatic heterocycles. The van der Waals surface area contributed by atoms with Crippen LogP contribution in [0.15, 0.2) is 41.5 Å². The molecular weight excluding hydrogens is 533 g/mol. The van der Waals surface area contributed by atoms with E-state index in [4.69, 9.17) is 4.74 Å². The molecule has 0 bridgehead atoms. The molecule has 1 atom stereocenters. The van der Waals surface area contributed by atoms with Crippen molar-refractivity contribution >= 4 is 16.7 Å². The highest BCUT2D eigenvalue weighted by atomic mass is 19.4. The van der Waals surface area contributed by atoms with Crippen molar-refractivity contribution in [2.45, 2.75) is 32.5 Å². The quantitative estimate of drug-likeness (QED) is 0.310. The van der Waals surface area contributed by atoms with E-state index in [2.05, 4.69) is 19.9 Å². The molecule has 12 heteroatoms. The van der Waals surface area contributed by atoms with Crippen molar-refractivity contribution in [3.05, 3.63) is 75.2 Å². The number of nitrogens with one attached hydrogen (secondary N) is 1. The van der Waals surface area contributed by atoms with Crippen LogP contribution in [-0.2, 0) is 6.18 Å². The molecule has 7 nitrogen and oxygen atoms in total. The van der Waals surface area contributed by atoms with Gasteiger partial charge in [-0.25, -0.2) is 18.7 Å². The van der Waals surface area contributed by atoms with Crippen LogP contribution < -0.4 is 15.1 Å². The Morgan fingerprint density at radius 1 is 1.10 bits per heavy atom. The van der Waals surface area contributed by atoms with Gasteiger partial charge in [-0.05, 0) is 58.1 Å². The van der Waals surface area contributed by atoms with Gasteiger partial charge in [0.15, 0.2) is 17.1 Å². The van der Waals surface area contributed by atoms with E-state index in [1.54, 1.807) is 6.07 Å². The Hall–Kier alpha value is -4.06. The summed E-state index contributed by atoms with van der Waals surface area (Å²) >= 11 is 0. The van der Waals surface area contributed by atoms with E-state index >= 15 is 0 Å². The first-order valence-corrected chi connectivity index (χ1v) is 12.5. The SMILES string of the molecule is Cc1c(Oc2ncc(C(F)(F)F)c(C)c2-c2cc(=O)c3c(N4CC[C@@H](N(C)C)C4)nccc3[nH]2)ccc(F)c1F. The number of aromatic amines is 1. The molecule has 0 spiro atoms. The molecule has 4 heterocycles. The molecule has 0 saturated carbocycles. The highest BCUT2D eigenvalue weighted by Crippen LogP contribution is 2.41. The van der Waals surface area contributed by atoms with Crippen molar-refractivity contribution in [3.63, 3.8) is 0 Å². The van der Waals surface area contributed by atoms with Crippen molar-refractivity contribution < 1.29 is 26.7 Å². The van der Waals surface area contributed by atoms with Crippen LogP contribution in [-0.4, -0.2) is 53.1 Å². The van der Waals surface area contributed by atoms with Crippen LogP contribution in [0.4, 0.5) is 27.8 Å². The lowest BCUT2D eigenvalue weighted by Gasteiger charge is -2.22. The average Bonchev–Trinajstić information content (AvgIpc) is 3.39. The summed E-state index contributed by atoms with van der Waals surface area (Å²) in [6.45, 7) is 3.87. The van der Waals surface area contributed by atoms with E-state index in [-0.39, 0.29) is 40.1 Å². The molecular formula is C28H26F5N5O2. The monoisotopic (exact) mass is 559 g/mol. The van der Waals surface area contributed by atoms with E-state index in [1.807, 2.05) is 19.0 Å². The number of hydrogen-bond donors (Lipinski definition) is 1. The van der Waals surface area contributed by atoms with Gasteiger partial charge in [0, 0.05) is 43.2 Å². The number of likely N-dealkylation sites (N-methyl/N-ethyl adjacent to an activating group) is 1. The Morgan fingerprint density at radius 2 is 1.85 bits per heavy atom. The molecule has 4 aromatic rings. The largest absolute Gasteiger partial charge is 0.438 e. The van der Waals surface area contributed by atoms with Gasteiger partial charge in [0.05, 0.1) is 27.7 Å². The maximum Gasteiger partial charge on any atom is 0.418 e. The van der Waals surface area contributed by atoms with Gasteiger partial charge in [-0.1, -0.05) is 0 Å². The number of ether oxygens (including phenoxy) is 1. The van der Waals surface area contributed by atoms with Gasteiger partial charge < -0.3 is 19.5 Å². The number of halogens is 5. The van der Waals surface area contributed by atoms with Gasteiger partial charge in [-0.15, -0.1) is 0 Å². The minimum atomic E-state index is -4.74. The summed E-state index contributed by atoms with van der Waals surface area (Å²) in [4.78, 5) is 29.0. The Morgan fingerprint density at radius 3 is 2.52 bits per heavy atom. The normalized spacial score (nSPS) is 15.8. The predicted octanol–water partition coefficient (Wildman–Crippen LogP) is 5.83. The molecule has 1 aromatic carbocycles. The standard InChI is InChI=1S/C28H26F5N5O2/c1-14-17(28(31,32)33)12-35-27(40-22-6-5-18(29)25(30)15(22)2)23(14)20-11-21(39)24-19(36-20)7-9-34-26(24)38-10-8-16(13-38)37(3)4/h5-7,9,11-12,16H,8,10,13H2,1-4H3,(H,36,39)/t16-/m1/s1. The van der Waals surface area contributed by atoms with E-state index in [0.29, 0.717) is 36.0 Å². The number of alkyl halides is 3. The first-order chi connectivity index (χ1) is 18.9. The number of H-pyrrole nitrogens is 1. The number of hydrogen-bond acceptors (Lipinski definition) is 6. The molecule has 0 radical (unpaired) electrons. The fourth-order valence-electron chi connectivity index (χ4n) is 5.02. The van der Waals surface area contributed by atoms with Gasteiger partial charge in [0.1, 0.15) is 11.6 Å². The second kappa shape index (κ2) is 10.2. The molecule has 0 unspecified atom stereocenters. The van der Waals surface area contributed by atoms with Gasteiger partial charge >= 0.3 is 6.18 Å². The maximum absolute atomic E-state index is 14.2. The zero-order chi connectivity index (χ0) is 28.9. The highest BCUT2D eigenvalue weighted by molar-refractivity contribution is 5.91. The van der Waals surface area contributed by atoms with Crippen molar-refractivity contribution in [3.8, 4) is 22.9 Å². The molecule has 1 saturated heterocycles. The number of pyridine rings is 3. The van der Waals surface area contributed by atoms with Gasteiger partial charge in [-0.3, -0.25) is 4.79 Å². The second-order valence-electron chi connectivity index (χ2n) is 10.0. The maximum atomic E-state index is 14.2. The summed E-state index contributed by atoms with van der Waals surface area (Å²) in [5, 5.41) is 0.308. The summed E-state index contributed by atoms with van der Waals surface area (Å²) in [6.07, 6.45) is -1.71. The highest BCUT2D eigenvalue weighted by Gasteiger charge is 2.35. The average molecular weight is 560 g/mol. The van der Waals surface area contributed by atoms with Crippen LogP contribution in [0.25, 0.3) is 22.2 Å². The van der Waals surface area contributed by atoms with Crippen molar-refractivity contribution in [1.29, 1.82) is 0 Å². The molecule has 1 fully saturated rings. The summed E-state index contributed by atoms with van der Waals surface area (Å²) in [6, 6.07) is 5.04. The third-order valence-corrected chi connectivity index (χ3v) is 7.29. The van der Waals surface area contributed by atoms with Crippen molar-refractivity contribution in [2.75, 3.05) is 32.1 Å². The van der Waals surface area contributed by atoms with Crippen LogP contribution >= 0.6 is 0 Å². The van der Waals surface area contributed by atoms with E-state index in [1.165, 1.54) is 26.1 Å². The van der Waals surface area contributed by atoms with Crippen LogP contribution in [0.3, 0.4) is 0 Å². The first-order valence-electron chi connectivity index (χ1n) is 12.5. The van der Waals surface area contributed by atoms with E-state index < -0.39 is 28.8 Å². The zero-order valence-corrected chi connectivity index (χ0v) is 22.2. The van der Waals surface area contributed by atoms with Crippen molar-refractivity contribution in [1.82, 2.24) is 19.9 Å². The van der Waals surface area contributed by atoms with Crippen LogP contribution in [0.1, 0.15) is 23.1 Å². The lowest BCUT2D eigenvalue weighted by atomic mass is 10.0. The van der Waals surface area contributed by atoms with Crippen molar-refractivity contribution in [2.24, 2.45) is 0 Å². The van der Waals surface area contributed by atoms with Crippen LogP contribution in [0.5, 0.6) is 11.6 Å². The number of nitrogens with zero attached hydrogens (tertiary/aromatic N) is 4. The van der Waals surface area contributed by atoms with E-state index in [0.717, 1.165) is 18.6 Å². The summed E-state index contributed by atoms with van der Waals surface area (Å²) in [7, 11) is 3.97. The Labute approximate surface area is 226 Å². The predicted molar refractivity (Wildman–Crippen MR) is 141 cm³/mol. The zero-order valence-electron chi connectivity index (χ0n) is 22.2. The van der Waals surface area contributed by atoms with Gasteiger partial charge in [0.2, 0.25) is 5.88 Å². The minimum Gasteiger partial charge on any atom is -0.438 e. The number of rotatable bonds is 5. The summed E-state index contributed by atoms with van der Waals surface area (Å²) < 4.78 is 75.1. The Bertz CT molecular complexity index is 1670. The molecule has 0 amide bonds. The lowest BCUT2D eigenvalue weighted by molar-refractivity contribution is -0.138. The van der Waals surface area contributed by atoms with E-state index in [9.17, 15) is 26.7 Å².